The number of H-pyrrole nitrogens is 1. The molecule has 1 aliphatic carbocycles. The second kappa shape index (κ2) is 7.56. The highest BCUT2D eigenvalue weighted by molar-refractivity contribution is 5.90. The Balaban J connectivity index is 1.47. The predicted octanol–water partition coefficient (Wildman–Crippen LogP) is 3.06. The quantitative estimate of drug-likeness (QED) is 0.704. The first-order valence-electron chi connectivity index (χ1n) is 9.56. The molecule has 6 heteroatoms. The van der Waals surface area contributed by atoms with Crippen molar-refractivity contribution in [3.8, 4) is 0 Å². The third kappa shape index (κ3) is 3.62. The number of hydrogen-bond donors (Lipinski definition) is 2. The number of rotatable bonds is 6. The van der Waals surface area contributed by atoms with Crippen molar-refractivity contribution < 1.29 is 9.53 Å². The molecule has 4 rings (SSSR count). The van der Waals surface area contributed by atoms with E-state index in [4.69, 9.17) is 9.84 Å². The van der Waals surface area contributed by atoms with Crippen LogP contribution in [-0.2, 0) is 28.9 Å². The Labute approximate surface area is 158 Å². The lowest BCUT2D eigenvalue weighted by Gasteiger charge is -2.22. The number of methoxy groups -OCH3 is 1. The molecule has 6 nitrogen and oxygen atoms in total. The second-order valence-corrected chi connectivity index (χ2v) is 7.30. The molecule has 0 spiro atoms. The molecule has 2 heterocycles. The molecule has 1 atom stereocenters. The molecule has 3 aromatic rings. The highest BCUT2D eigenvalue weighted by Gasteiger charge is 2.25. The minimum Gasteiger partial charge on any atom is -0.383 e. The van der Waals surface area contributed by atoms with Crippen molar-refractivity contribution >= 4 is 16.8 Å². The molecular formula is C21H26N4O2. The number of para-hydroxylation sites is 1. The van der Waals surface area contributed by atoms with Gasteiger partial charge in [0.15, 0.2) is 0 Å². The van der Waals surface area contributed by atoms with E-state index in [1.807, 2.05) is 16.9 Å². The molecule has 0 saturated heterocycles. The molecule has 0 aliphatic heterocycles. The predicted molar refractivity (Wildman–Crippen MR) is 105 cm³/mol. The van der Waals surface area contributed by atoms with Crippen LogP contribution in [0.3, 0.4) is 0 Å². The summed E-state index contributed by atoms with van der Waals surface area (Å²) >= 11 is 0. The maximum absolute atomic E-state index is 12.7. The first-order valence-corrected chi connectivity index (χ1v) is 9.56. The molecule has 0 fully saturated rings. The maximum Gasteiger partial charge on any atom is 0.225 e. The Morgan fingerprint density at radius 2 is 2.33 bits per heavy atom. The molecule has 2 N–H and O–H groups in total. The lowest BCUT2D eigenvalue weighted by Crippen LogP contribution is -2.32. The van der Waals surface area contributed by atoms with E-state index in [9.17, 15) is 4.79 Å². The van der Waals surface area contributed by atoms with Gasteiger partial charge in [0.25, 0.3) is 0 Å². The van der Waals surface area contributed by atoms with Crippen LogP contribution in [0.25, 0.3) is 10.9 Å². The van der Waals surface area contributed by atoms with Crippen LogP contribution in [0.1, 0.15) is 41.3 Å². The van der Waals surface area contributed by atoms with Crippen LogP contribution < -0.4 is 5.32 Å². The van der Waals surface area contributed by atoms with Gasteiger partial charge in [0, 0.05) is 30.4 Å². The lowest BCUT2D eigenvalue weighted by atomic mass is 9.93. The number of nitrogens with zero attached hydrogens (tertiary/aromatic N) is 2. The number of nitrogens with one attached hydrogen (secondary N) is 2. The van der Waals surface area contributed by atoms with Crippen LogP contribution >= 0.6 is 0 Å². The number of aromatic nitrogens is 3. The van der Waals surface area contributed by atoms with Crippen molar-refractivity contribution in [2.24, 2.45) is 0 Å². The number of carbonyl (C=O) groups is 1. The van der Waals surface area contributed by atoms with Crippen LogP contribution in [-0.4, -0.2) is 34.4 Å². The highest BCUT2D eigenvalue weighted by atomic mass is 16.5. The summed E-state index contributed by atoms with van der Waals surface area (Å²) in [7, 11) is 1.69. The zero-order valence-corrected chi connectivity index (χ0v) is 15.9. The summed E-state index contributed by atoms with van der Waals surface area (Å²) in [5.41, 5.74) is 5.59. The summed E-state index contributed by atoms with van der Waals surface area (Å²) in [5, 5.41) is 9.02. The van der Waals surface area contributed by atoms with Gasteiger partial charge in [-0.25, -0.2) is 0 Å². The Hall–Kier alpha value is -2.60. The molecule has 142 valence electrons. The van der Waals surface area contributed by atoms with Crippen molar-refractivity contribution in [1.29, 1.82) is 0 Å². The summed E-state index contributed by atoms with van der Waals surface area (Å²) < 4.78 is 7.07. The average molecular weight is 366 g/mol. The van der Waals surface area contributed by atoms with Crippen molar-refractivity contribution in [2.75, 3.05) is 13.7 Å². The fourth-order valence-corrected chi connectivity index (χ4v) is 3.97. The molecule has 0 radical (unpaired) electrons. The number of carbonyl (C=O) groups excluding carboxylic acids is 1. The maximum atomic E-state index is 12.7. The van der Waals surface area contributed by atoms with Crippen LogP contribution in [0.15, 0.2) is 30.6 Å². The van der Waals surface area contributed by atoms with Gasteiger partial charge in [-0.1, -0.05) is 18.2 Å². The zero-order valence-electron chi connectivity index (χ0n) is 15.9. The van der Waals surface area contributed by atoms with E-state index in [1.165, 1.54) is 11.1 Å². The van der Waals surface area contributed by atoms with E-state index >= 15 is 0 Å². The van der Waals surface area contributed by atoms with Gasteiger partial charge in [-0.2, -0.15) is 5.10 Å². The lowest BCUT2D eigenvalue weighted by molar-refractivity contribution is -0.121. The van der Waals surface area contributed by atoms with E-state index in [0.717, 1.165) is 48.0 Å². The normalized spacial score (nSPS) is 16.4. The Morgan fingerprint density at radius 1 is 1.44 bits per heavy atom. The molecule has 1 aromatic carbocycles. The number of aryl methyl sites for hydroxylation is 2. The Kier molecular flexibility index (Phi) is 4.99. The number of amides is 1. The minimum absolute atomic E-state index is 0.00279. The van der Waals surface area contributed by atoms with Crippen molar-refractivity contribution in [3.63, 3.8) is 0 Å². The third-order valence-corrected chi connectivity index (χ3v) is 5.36. The monoisotopic (exact) mass is 366 g/mol. The summed E-state index contributed by atoms with van der Waals surface area (Å²) in [5.74, 6) is 0.0432. The summed E-state index contributed by atoms with van der Waals surface area (Å²) in [6, 6.07) is 6.17. The third-order valence-electron chi connectivity index (χ3n) is 5.36. The Bertz CT molecular complexity index is 956. The van der Waals surface area contributed by atoms with Gasteiger partial charge in [-0.15, -0.1) is 0 Å². The molecule has 2 aromatic heterocycles. The highest BCUT2D eigenvalue weighted by Crippen LogP contribution is 2.29. The summed E-state index contributed by atoms with van der Waals surface area (Å²) in [6.45, 7) is 3.45. The first-order chi connectivity index (χ1) is 13.2. The number of ether oxygens (including phenoxy) is 1. The SMILES string of the molecule is COCCn1cc2c(n1)C(NC(=O)Cc1c[nH]c3c(C)cccc13)CCC2. The summed E-state index contributed by atoms with van der Waals surface area (Å²) in [6.07, 6.45) is 7.45. The Morgan fingerprint density at radius 3 is 3.19 bits per heavy atom. The molecule has 0 bridgehead atoms. The van der Waals surface area contributed by atoms with Gasteiger partial charge in [0.2, 0.25) is 5.91 Å². The van der Waals surface area contributed by atoms with Gasteiger partial charge in [-0.05, 0) is 42.9 Å². The van der Waals surface area contributed by atoms with Gasteiger partial charge in [-0.3, -0.25) is 9.48 Å². The van der Waals surface area contributed by atoms with E-state index in [1.54, 1.807) is 7.11 Å². The van der Waals surface area contributed by atoms with Gasteiger partial charge in [0.1, 0.15) is 0 Å². The largest absolute Gasteiger partial charge is 0.383 e. The molecule has 1 unspecified atom stereocenters. The zero-order chi connectivity index (χ0) is 18.8. The van der Waals surface area contributed by atoms with E-state index < -0.39 is 0 Å². The van der Waals surface area contributed by atoms with E-state index in [0.29, 0.717) is 13.0 Å². The van der Waals surface area contributed by atoms with Crippen molar-refractivity contribution in [1.82, 2.24) is 20.1 Å². The van der Waals surface area contributed by atoms with E-state index in [-0.39, 0.29) is 11.9 Å². The second-order valence-electron chi connectivity index (χ2n) is 7.30. The van der Waals surface area contributed by atoms with Crippen molar-refractivity contribution in [2.45, 2.75) is 45.2 Å². The number of fused-ring (bicyclic) bond motifs is 2. The summed E-state index contributed by atoms with van der Waals surface area (Å²) in [4.78, 5) is 16.0. The van der Waals surface area contributed by atoms with Crippen LogP contribution in [0.2, 0.25) is 0 Å². The molecule has 0 saturated carbocycles. The van der Waals surface area contributed by atoms with Gasteiger partial charge < -0.3 is 15.0 Å². The van der Waals surface area contributed by atoms with Crippen LogP contribution in [0.5, 0.6) is 0 Å². The number of hydrogen-bond acceptors (Lipinski definition) is 3. The number of aromatic amines is 1. The number of benzene rings is 1. The van der Waals surface area contributed by atoms with Crippen molar-refractivity contribution in [3.05, 3.63) is 53.0 Å². The van der Waals surface area contributed by atoms with E-state index in [2.05, 4.69) is 35.6 Å². The van der Waals surface area contributed by atoms with Gasteiger partial charge >= 0.3 is 0 Å². The smallest absolute Gasteiger partial charge is 0.225 e. The molecule has 1 aliphatic rings. The van der Waals surface area contributed by atoms with Crippen LogP contribution in [0, 0.1) is 6.92 Å². The van der Waals surface area contributed by atoms with Gasteiger partial charge in [0.05, 0.1) is 31.3 Å². The first kappa shape index (κ1) is 17.8. The minimum atomic E-state index is -0.00279. The fourth-order valence-electron chi connectivity index (χ4n) is 3.97. The average Bonchev–Trinajstić information content (AvgIpc) is 3.25. The standard InChI is InChI=1S/C21H26N4O2/c1-14-5-3-7-17-16(12-22-20(14)17)11-19(26)23-18-8-4-6-15-13-25(9-10-27-2)24-21(15)18/h3,5,7,12-13,18,22H,4,6,8-11H2,1-2H3,(H,23,26). The molecule has 1 amide bonds. The topological polar surface area (TPSA) is 71.9 Å². The fraction of sp³-hybridized carbons (Fsp3) is 0.429. The molecular weight excluding hydrogens is 340 g/mol. The van der Waals surface area contributed by atoms with Crippen LogP contribution in [0.4, 0.5) is 0 Å². The molecule has 27 heavy (non-hydrogen) atoms.